The Morgan fingerprint density at radius 2 is 1.53 bits per heavy atom. The lowest BCUT2D eigenvalue weighted by Crippen LogP contribution is -2.27. The highest BCUT2D eigenvalue weighted by Crippen LogP contribution is 2.25. The highest BCUT2D eigenvalue weighted by atomic mass is 19.4. The van der Waals surface area contributed by atoms with Crippen LogP contribution in [-0.4, -0.2) is 10.9 Å². The maximum absolute atomic E-state index is 12.2. The number of aromatic nitrogens is 1. The minimum absolute atomic E-state index is 0.650. The zero-order valence-corrected chi connectivity index (χ0v) is 10.6. The molecule has 0 aliphatic heterocycles. The van der Waals surface area contributed by atoms with Crippen molar-refractivity contribution in [2.45, 2.75) is 44.7 Å². The van der Waals surface area contributed by atoms with Gasteiger partial charge in [0.15, 0.2) is 0 Å². The summed E-state index contributed by atoms with van der Waals surface area (Å²) in [4.78, 5) is 0. The molecule has 0 unspecified atom stereocenters. The first-order valence-corrected chi connectivity index (χ1v) is 6.30. The van der Waals surface area contributed by atoms with E-state index in [-0.39, 0.29) is 0 Å². The maximum atomic E-state index is 12.2. The minimum Gasteiger partial charge on any atom is -0.293 e. The van der Waals surface area contributed by atoms with Gasteiger partial charge in [-0.2, -0.15) is 13.2 Å². The first-order valence-electron chi connectivity index (χ1n) is 6.30. The van der Waals surface area contributed by atoms with Crippen LogP contribution in [0.1, 0.15) is 44.1 Å². The molecular weight excluding hydrogens is 255 g/mol. The second-order valence-corrected chi connectivity index (χ2v) is 4.43. The number of rotatable bonds is 1. The van der Waals surface area contributed by atoms with Gasteiger partial charge in [-0.3, -0.25) is 15.4 Å². The smallest absolute Gasteiger partial charge is 0.293 e. The van der Waals surface area contributed by atoms with E-state index < -0.39 is 17.2 Å². The minimum atomic E-state index is -4.54. The van der Waals surface area contributed by atoms with Crippen molar-refractivity contribution in [3.05, 3.63) is 29.4 Å². The van der Waals surface area contributed by atoms with Gasteiger partial charge in [0.05, 0.1) is 11.9 Å². The SMILES string of the molecule is C1CCCCC1.N=Cn1cccc(C(F)(F)F)c1=N. The molecule has 1 aliphatic carbocycles. The average molecular weight is 273 g/mol. The maximum Gasteiger partial charge on any atom is 0.419 e. The Balaban J connectivity index is 0.000000250. The number of hydrogen-bond donors (Lipinski definition) is 2. The van der Waals surface area contributed by atoms with Crippen LogP contribution < -0.4 is 5.49 Å². The van der Waals surface area contributed by atoms with Gasteiger partial charge in [0.1, 0.15) is 5.49 Å². The van der Waals surface area contributed by atoms with Crippen LogP contribution in [0.15, 0.2) is 18.3 Å². The molecule has 1 saturated carbocycles. The fourth-order valence-electron chi connectivity index (χ4n) is 1.92. The molecule has 0 spiro atoms. The van der Waals surface area contributed by atoms with Crippen LogP contribution in [0, 0.1) is 10.8 Å². The third-order valence-electron chi connectivity index (χ3n) is 2.97. The van der Waals surface area contributed by atoms with E-state index in [4.69, 9.17) is 10.8 Å². The molecule has 0 aromatic carbocycles. The summed E-state index contributed by atoms with van der Waals surface area (Å²) in [6.45, 7) is 0. The molecule has 1 aliphatic rings. The Morgan fingerprint density at radius 1 is 1.05 bits per heavy atom. The van der Waals surface area contributed by atoms with Crippen LogP contribution in [-0.2, 0) is 6.18 Å². The molecule has 0 radical (unpaired) electrons. The van der Waals surface area contributed by atoms with Crippen molar-refractivity contribution < 1.29 is 13.2 Å². The summed E-state index contributed by atoms with van der Waals surface area (Å²) < 4.78 is 37.3. The number of pyridine rings is 1. The summed E-state index contributed by atoms with van der Waals surface area (Å²) in [5.74, 6) is 0. The second-order valence-electron chi connectivity index (χ2n) is 4.43. The Hall–Kier alpha value is -1.59. The topological polar surface area (TPSA) is 52.6 Å². The van der Waals surface area contributed by atoms with Crippen molar-refractivity contribution >= 4 is 6.34 Å². The fourth-order valence-corrected chi connectivity index (χ4v) is 1.92. The lowest BCUT2D eigenvalue weighted by Gasteiger charge is -2.07. The predicted octanol–water partition coefficient (Wildman–Crippen LogP) is 3.78. The summed E-state index contributed by atoms with van der Waals surface area (Å²) in [5.41, 5.74) is -1.77. The van der Waals surface area contributed by atoms with E-state index in [0.29, 0.717) is 6.34 Å². The molecule has 19 heavy (non-hydrogen) atoms. The lowest BCUT2D eigenvalue weighted by molar-refractivity contribution is -0.139. The fraction of sp³-hybridized carbons (Fsp3) is 0.538. The number of nitrogens with one attached hydrogen (secondary N) is 2. The van der Waals surface area contributed by atoms with Gasteiger partial charge >= 0.3 is 6.18 Å². The van der Waals surface area contributed by atoms with Crippen molar-refractivity contribution in [1.29, 1.82) is 10.8 Å². The Morgan fingerprint density at radius 3 is 1.89 bits per heavy atom. The van der Waals surface area contributed by atoms with Gasteiger partial charge in [0.25, 0.3) is 0 Å². The van der Waals surface area contributed by atoms with Gasteiger partial charge in [-0.05, 0) is 12.1 Å². The van der Waals surface area contributed by atoms with Crippen LogP contribution in [0.2, 0.25) is 0 Å². The molecule has 1 aromatic rings. The largest absolute Gasteiger partial charge is 0.419 e. The van der Waals surface area contributed by atoms with E-state index in [1.165, 1.54) is 44.7 Å². The molecule has 2 rings (SSSR count). The molecule has 2 N–H and O–H groups in total. The van der Waals surface area contributed by atoms with Crippen molar-refractivity contribution in [1.82, 2.24) is 4.57 Å². The molecule has 0 bridgehead atoms. The van der Waals surface area contributed by atoms with E-state index >= 15 is 0 Å². The quantitative estimate of drug-likeness (QED) is 0.578. The van der Waals surface area contributed by atoms with Crippen LogP contribution >= 0.6 is 0 Å². The van der Waals surface area contributed by atoms with Crippen LogP contribution in [0.3, 0.4) is 0 Å². The first-order chi connectivity index (χ1) is 8.96. The van der Waals surface area contributed by atoms with Crippen LogP contribution in [0.4, 0.5) is 13.2 Å². The molecule has 0 amide bonds. The normalized spacial score (nSPS) is 15.3. The van der Waals surface area contributed by atoms with Gasteiger partial charge in [-0.1, -0.05) is 38.5 Å². The molecular formula is C13H18F3N3. The van der Waals surface area contributed by atoms with E-state index in [9.17, 15) is 13.2 Å². The zero-order chi connectivity index (χ0) is 14.3. The van der Waals surface area contributed by atoms with E-state index in [1.54, 1.807) is 0 Å². The van der Waals surface area contributed by atoms with Gasteiger partial charge in [-0.15, -0.1) is 0 Å². The van der Waals surface area contributed by atoms with E-state index in [1.807, 2.05) is 0 Å². The summed E-state index contributed by atoms with van der Waals surface area (Å²) in [5, 5.41) is 13.8. The molecule has 1 aromatic heterocycles. The van der Waals surface area contributed by atoms with Crippen molar-refractivity contribution in [3.8, 4) is 0 Å². The van der Waals surface area contributed by atoms with Gasteiger partial charge in [-0.25, -0.2) is 0 Å². The third kappa shape index (κ3) is 4.89. The molecule has 3 nitrogen and oxygen atoms in total. The number of nitrogens with zero attached hydrogens (tertiary/aromatic N) is 1. The average Bonchev–Trinajstić information content (AvgIpc) is 2.40. The Bertz CT molecular complexity index is 447. The standard InChI is InChI=1S/C7H6F3N3.C6H12/c8-7(9,10)5-2-1-3-13(4-11)6(5)12;1-2-4-6-5-3-1/h1-4,11-12H;1-6H2. The number of alkyl halides is 3. The zero-order valence-electron chi connectivity index (χ0n) is 10.6. The van der Waals surface area contributed by atoms with E-state index in [2.05, 4.69) is 0 Å². The summed E-state index contributed by atoms with van der Waals surface area (Å²) in [7, 11) is 0. The lowest BCUT2D eigenvalue weighted by atomic mass is 10.0. The van der Waals surface area contributed by atoms with Crippen molar-refractivity contribution in [2.75, 3.05) is 0 Å². The number of hydrogen-bond acceptors (Lipinski definition) is 2. The van der Waals surface area contributed by atoms with Crippen molar-refractivity contribution in [2.24, 2.45) is 0 Å². The Kier molecular flexibility index (Phi) is 5.79. The van der Waals surface area contributed by atoms with Crippen LogP contribution in [0.5, 0.6) is 0 Å². The van der Waals surface area contributed by atoms with Gasteiger partial charge < -0.3 is 0 Å². The van der Waals surface area contributed by atoms with Gasteiger partial charge in [0, 0.05) is 6.20 Å². The third-order valence-corrected chi connectivity index (χ3v) is 2.97. The highest BCUT2D eigenvalue weighted by molar-refractivity contribution is 5.54. The summed E-state index contributed by atoms with van der Waals surface area (Å²) in [6.07, 6.45) is 6.32. The predicted molar refractivity (Wildman–Crippen MR) is 67.2 cm³/mol. The molecule has 6 heteroatoms. The Labute approximate surface area is 110 Å². The first kappa shape index (κ1) is 15.5. The summed E-state index contributed by atoms with van der Waals surface area (Å²) in [6, 6.07) is 1.95. The molecule has 1 fully saturated rings. The summed E-state index contributed by atoms with van der Waals surface area (Å²) >= 11 is 0. The molecule has 0 saturated heterocycles. The van der Waals surface area contributed by atoms with Crippen molar-refractivity contribution in [3.63, 3.8) is 0 Å². The molecule has 106 valence electrons. The molecule has 0 atom stereocenters. The number of halogens is 3. The second kappa shape index (κ2) is 7.11. The monoisotopic (exact) mass is 273 g/mol. The van der Waals surface area contributed by atoms with Crippen LogP contribution in [0.25, 0.3) is 0 Å². The highest BCUT2D eigenvalue weighted by Gasteiger charge is 2.32. The molecule has 1 heterocycles. The van der Waals surface area contributed by atoms with Gasteiger partial charge in [0.2, 0.25) is 0 Å². The van der Waals surface area contributed by atoms with E-state index in [0.717, 1.165) is 16.7 Å².